The summed E-state index contributed by atoms with van der Waals surface area (Å²) in [6.45, 7) is 4.10. The van der Waals surface area contributed by atoms with Crippen molar-refractivity contribution in [3.8, 4) is 0 Å². The number of likely N-dealkylation sites (N-methyl/N-ethyl adjacent to an activating group) is 1. The highest BCUT2D eigenvalue weighted by molar-refractivity contribution is 7.89. The van der Waals surface area contributed by atoms with E-state index in [0.29, 0.717) is 37.4 Å². The number of nitrogens with zero attached hydrogens (tertiary/aromatic N) is 2. The molecule has 1 aliphatic rings. The number of benzene rings is 3. The number of anilines is 1. The molecule has 0 radical (unpaired) electrons. The van der Waals surface area contributed by atoms with Gasteiger partial charge in [0, 0.05) is 42.8 Å². The van der Waals surface area contributed by atoms with E-state index in [-0.39, 0.29) is 10.8 Å². The summed E-state index contributed by atoms with van der Waals surface area (Å²) in [5.41, 5.74) is 1.79. The molecule has 0 saturated carbocycles. The highest BCUT2D eigenvalue weighted by Gasteiger charge is 2.28. The third kappa shape index (κ3) is 3.96. The third-order valence-corrected chi connectivity index (χ3v) is 7.49. The molecule has 0 spiro atoms. The second-order valence-electron chi connectivity index (χ2n) is 7.66. The maximum atomic E-state index is 13.1. The van der Waals surface area contributed by atoms with E-state index in [9.17, 15) is 13.2 Å². The molecular formula is C23H25N3O3S. The molecule has 1 fully saturated rings. The Labute approximate surface area is 177 Å². The van der Waals surface area contributed by atoms with E-state index in [4.69, 9.17) is 0 Å². The summed E-state index contributed by atoms with van der Waals surface area (Å²) in [5, 5.41) is 4.92. The largest absolute Gasteiger partial charge is 0.321 e. The van der Waals surface area contributed by atoms with Gasteiger partial charge in [-0.15, -0.1) is 0 Å². The second kappa shape index (κ2) is 8.18. The van der Waals surface area contributed by atoms with Gasteiger partial charge in [-0.1, -0.05) is 42.5 Å². The van der Waals surface area contributed by atoms with Crippen LogP contribution in [0.5, 0.6) is 0 Å². The monoisotopic (exact) mass is 423 g/mol. The van der Waals surface area contributed by atoms with Crippen molar-refractivity contribution in [2.75, 3.05) is 38.5 Å². The molecule has 30 heavy (non-hydrogen) atoms. The molecule has 1 N–H and O–H groups in total. The summed E-state index contributed by atoms with van der Waals surface area (Å²) in [6, 6.07) is 18.3. The molecule has 1 heterocycles. The molecule has 0 bridgehead atoms. The predicted octanol–water partition coefficient (Wildman–Crippen LogP) is 3.34. The quantitative estimate of drug-likeness (QED) is 0.699. The summed E-state index contributed by atoms with van der Waals surface area (Å²) in [4.78, 5) is 15.3. The van der Waals surface area contributed by atoms with E-state index in [1.54, 1.807) is 12.1 Å². The number of piperazine rings is 1. The van der Waals surface area contributed by atoms with Crippen LogP contribution < -0.4 is 5.32 Å². The Morgan fingerprint density at radius 3 is 2.40 bits per heavy atom. The predicted molar refractivity (Wildman–Crippen MR) is 119 cm³/mol. The van der Waals surface area contributed by atoms with Crippen LogP contribution in [0.3, 0.4) is 0 Å². The van der Waals surface area contributed by atoms with E-state index in [1.165, 1.54) is 10.4 Å². The third-order valence-electron chi connectivity index (χ3n) is 5.59. The lowest BCUT2D eigenvalue weighted by Crippen LogP contribution is -2.47. The van der Waals surface area contributed by atoms with Crippen molar-refractivity contribution >= 4 is 32.4 Å². The summed E-state index contributed by atoms with van der Waals surface area (Å²) < 4.78 is 27.7. The van der Waals surface area contributed by atoms with Gasteiger partial charge in [-0.25, -0.2) is 8.42 Å². The molecule has 4 rings (SSSR count). The number of amides is 1. The second-order valence-corrected chi connectivity index (χ2v) is 9.60. The first-order valence-electron chi connectivity index (χ1n) is 9.95. The van der Waals surface area contributed by atoms with Gasteiger partial charge in [-0.3, -0.25) is 4.79 Å². The molecule has 0 unspecified atom stereocenters. The van der Waals surface area contributed by atoms with Crippen molar-refractivity contribution in [1.29, 1.82) is 0 Å². The normalized spacial score (nSPS) is 15.9. The topological polar surface area (TPSA) is 69.7 Å². The Kier molecular flexibility index (Phi) is 5.60. The Morgan fingerprint density at radius 1 is 0.933 bits per heavy atom. The van der Waals surface area contributed by atoms with Gasteiger partial charge in [-0.05, 0) is 43.1 Å². The highest BCUT2D eigenvalue weighted by Crippen LogP contribution is 2.25. The summed E-state index contributed by atoms with van der Waals surface area (Å²) >= 11 is 0. The lowest BCUT2D eigenvalue weighted by Gasteiger charge is -2.31. The molecule has 0 aliphatic carbocycles. The SMILES string of the molecule is Cc1ccc(S(=O)(=O)N2CCN(C)CC2)cc1C(=O)Nc1cccc2ccccc12. The molecule has 156 valence electrons. The molecule has 0 aromatic heterocycles. The van der Waals surface area contributed by atoms with Gasteiger partial charge in [-0.2, -0.15) is 4.31 Å². The number of nitrogens with one attached hydrogen (secondary N) is 1. The van der Waals surface area contributed by atoms with Gasteiger partial charge < -0.3 is 10.2 Å². The summed E-state index contributed by atoms with van der Waals surface area (Å²) in [6.07, 6.45) is 0. The molecule has 1 amide bonds. The van der Waals surface area contributed by atoms with Crippen molar-refractivity contribution in [2.24, 2.45) is 0 Å². The molecule has 7 heteroatoms. The Bertz CT molecular complexity index is 1190. The van der Waals surface area contributed by atoms with Gasteiger partial charge >= 0.3 is 0 Å². The van der Waals surface area contributed by atoms with Gasteiger partial charge in [0.25, 0.3) is 5.91 Å². The molecule has 3 aromatic carbocycles. The van der Waals surface area contributed by atoms with Crippen LogP contribution in [0.15, 0.2) is 65.6 Å². The zero-order valence-corrected chi connectivity index (χ0v) is 17.9. The molecule has 1 aliphatic heterocycles. The van der Waals surface area contributed by atoms with Gasteiger partial charge in [0.2, 0.25) is 10.0 Å². The fourth-order valence-corrected chi connectivity index (χ4v) is 5.16. The number of rotatable bonds is 4. The summed E-state index contributed by atoms with van der Waals surface area (Å²) in [7, 11) is -1.66. The maximum absolute atomic E-state index is 13.1. The van der Waals surface area contributed by atoms with E-state index < -0.39 is 10.0 Å². The minimum absolute atomic E-state index is 0.153. The van der Waals surface area contributed by atoms with Crippen LogP contribution >= 0.6 is 0 Å². The van der Waals surface area contributed by atoms with Gasteiger partial charge in [0.1, 0.15) is 0 Å². The number of carbonyl (C=O) groups excluding carboxylic acids is 1. The molecule has 1 saturated heterocycles. The van der Waals surface area contributed by atoms with E-state index in [2.05, 4.69) is 10.2 Å². The number of sulfonamides is 1. The number of carbonyl (C=O) groups is 1. The minimum atomic E-state index is -3.64. The van der Waals surface area contributed by atoms with Crippen LogP contribution in [0, 0.1) is 6.92 Å². The average Bonchev–Trinajstić information content (AvgIpc) is 2.74. The number of hydrogen-bond donors (Lipinski definition) is 1. The first-order chi connectivity index (χ1) is 14.4. The summed E-state index contributed by atoms with van der Waals surface area (Å²) in [5.74, 6) is -0.320. The van der Waals surface area contributed by atoms with Crippen LogP contribution in [-0.4, -0.2) is 56.8 Å². The van der Waals surface area contributed by atoms with Crippen molar-refractivity contribution in [1.82, 2.24) is 9.21 Å². The molecule has 6 nitrogen and oxygen atoms in total. The lowest BCUT2D eigenvalue weighted by atomic mass is 10.1. The van der Waals surface area contributed by atoms with Gasteiger partial charge in [0.15, 0.2) is 0 Å². The number of fused-ring (bicyclic) bond motifs is 1. The first-order valence-corrected chi connectivity index (χ1v) is 11.4. The average molecular weight is 424 g/mol. The van der Waals surface area contributed by atoms with Crippen LogP contribution in [-0.2, 0) is 10.0 Å². The lowest BCUT2D eigenvalue weighted by molar-refractivity contribution is 0.102. The van der Waals surface area contributed by atoms with Crippen LogP contribution in [0.4, 0.5) is 5.69 Å². The molecular weight excluding hydrogens is 398 g/mol. The Hall–Kier alpha value is -2.74. The zero-order valence-electron chi connectivity index (χ0n) is 17.1. The van der Waals surface area contributed by atoms with Gasteiger partial charge in [0.05, 0.1) is 4.90 Å². The number of hydrogen-bond acceptors (Lipinski definition) is 4. The Morgan fingerprint density at radius 2 is 1.63 bits per heavy atom. The minimum Gasteiger partial charge on any atom is -0.321 e. The zero-order chi connectivity index (χ0) is 21.3. The number of aryl methyl sites for hydroxylation is 1. The fraction of sp³-hybridized carbons (Fsp3) is 0.261. The van der Waals surface area contributed by atoms with Crippen molar-refractivity contribution in [3.05, 3.63) is 71.8 Å². The molecule has 0 atom stereocenters. The fourth-order valence-electron chi connectivity index (χ4n) is 3.71. The van der Waals surface area contributed by atoms with Crippen molar-refractivity contribution in [2.45, 2.75) is 11.8 Å². The van der Waals surface area contributed by atoms with Crippen molar-refractivity contribution in [3.63, 3.8) is 0 Å². The van der Waals surface area contributed by atoms with Crippen LogP contribution in [0.25, 0.3) is 10.8 Å². The van der Waals surface area contributed by atoms with E-state index >= 15 is 0 Å². The van der Waals surface area contributed by atoms with Crippen LogP contribution in [0.1, 0.15) is 15.9 Å². The smallest absolute Gasteiger partial charge is 0.255 e. The molecule has 3 aromatic rings. The van der Waals surface area contributed by atoms with Crippen LogP contribution in [0.2, 0.25) is 0 Å². The van der Waals surface area contributed by atoms with Crippen molar-refractivity contribution < 1.29 is 13.2 Å². The van der Waals surface area contributed by atoms with E-state index in [0.717, 1.165) is 16.3 Å². The first kappa shape index (κ1) is 20.5. The standard InChI is InChI=1S/C23H25N3O3S/c1-17-10-11-19(30(28,29)26-14-12-25(2)13-15-26)16-21(17)23(27)24-22-9-5-7-18-6-3-4-8-20(18)22/h3-11,16H,12-15H2,1-2H3,(H,24,27). The highest BCUT2D eigenvalue weighted by atomic mass is 32.2. The van der Waals surface area contributed by atoms with E-state index in [1.807, 2.05) is 56.4 Å². The Balaban J connectivity index is 1.64. The maximum Gasteiger partial charge on any atom is 0.255 e.